The number of amides is 3. The molecule has 0 aliphatic heterocycles. The number of ether oxygens (including phenoxy) is 2. The molecule has 1 rings (SSSR count). The normalized spacial score (nSPS) is 12.7. The number of anilines is 1. The summed E-state index contributed by atoms with van der Waals surface area (Å²) in [7, 11) is 0. The van der Waals surface area contributed by atoms with Crippen molar-refractivity contribution < 1.29 is 33.0 Å². The number of hydrogen-bond acceptors (Lipinski definition) is 6. The first kappa shape index (κ1) is 25.6. The highest BCUT2D eigenvalue weighted by Crippen LogP contribution is 2.17. The highest BCUT2D eigenvalue weighted by atomic mass is 19.1. The van der Waals surface area contributed by atoms with Gasteiger partial charge in [-0.25, -0.2) is 14.0 Å². The Kier molecular flexibility index (Phi) is 9.16. The van der Waals surface area contributed by atoms with E-state index in [4.69, 9.17) is 9.47 Å². The van der Waals surface area contributed by atoms with Crippen LogP contribution in [0.1, 0.15) is 45.0 Å². The molecule has 3 amide bonds. The summed E-state index contributed by atoms with van der Waals surface area (Å²) >= 11 is 0. The second kappa shape index (κ2) is 11.1. The minimum absolute atomic E-state index is 0.0174. The molecule has 0 aromatic heterocycles. The first-order valence-corrected chi connectivity index (χ1v) is 9.52. The molecule has 3 N–H and O–H groups in total. The van der Waals surface area contributed by atoms with E-state index in [0.29, 0.717) is 0 Å². The SMILES string of the molecule is C=CCOC(=O)c1ccc(F)c(NC(=O)C(C)NC(=O)C(C)NC(=O)OC(C)(C)C)c1. The smallest absolute Gasteiger partial charge is 0.408 e. The van der Waals surface area contributed by atoms with Crippen LogP contribution in [0.5, 0.6) is 0 Å². The summed E-state index contributed by atoms with van der Waals surface area (Å²) < 4.78 is 24.0. The van der Waals surface area contributed by atoms with Crippen molar-refractivity contribution in [1.29, 1.82) is 0 Å². The number of carbonyl (C=O) groups excluding carboxylic acids is 4. The summed E-state index contributed by atoms with van der Waals surface area (Å²) in [6.07, 6.45) is 0.599. The molecule has 0 saturated heterocycles. The van der Waals surface area contributed by atoms with Crippen molar-refractivity contribution in [1.82, 2.24) is 10.6 Å². The quantitative estimate of drug-likeness (QED) is 0.424. The van der Waals surface area contributed by atoms with Gasteiger partial charge in [-0.3, -0.25) is 9.59 Å². The van der Waals surface area contributed by atoms with Crippen molar-refractivity contribution in [3.8, 4) is 0 Å². The second-order valence-corrected chi connectivity index (χ2v) is 7.67. The van der Waals surface area contributed by atoms with Crippen molar-refractivity contribution in [2.75, 3.05) is 11.9 Å². The number of hydrogen-bond donors (Lipinski definition) is 3. The number of rotatable bonds is 8. The second-order valence-electron chi connectivity index (χ2n) is 7.67. The topological polar surface area (TPSA) is 123 Å². The van der Waals surface area contributed by atoms with Crippen LogP contribution < -0.4 is 16.0 Å². The zero-order valence-corrected chi connectivity index (χ0v) is 18.2. The lowest BCUT2D eigenvalue weighted by molar-refractivity contribution is -0.127. The molecular formula is C21H28FN3O6. The van der Waals surface area contributed by atoms with Crippen LogP contribution in [0.2, 0.25) is 0 Å². The van der Waals surface area contributed by atoms with Crippen LogP contribution in [0.4, 0.5) is 14.9 Å². The summed E-state index contributed by atoms with van der Waals surface area (Å²) in [5.74, 6) is -2.85. The van der Waals surface area contributed by atoms with Crippen molar-refractivity contribution in [3.05, 3.63) is 42.2 Å². The fraction of sp³-hybridized carbons (Fsp3) is 0.429. The van der Waals surface area contributed by atoms with Gasteiger partial charge in [0.15, 0.2) is 0 Å². The Morgan fingerprint density at radius 2 is 1.71 bits per heavy atom. The Labute approximate surface area is 180 Å². The molecule has 0 fully saturated rings. The van der Waals surface area contributed by atoms with Crippen molar-refractivity contribution in [2.24, 2.45) is 0 Å². The third-order valence-electron chi connectivity index (χ3n) is 3.67. The van der Waals surface area contributed by atoms with Crippen LogP contribution in [-0.4, -0.2) is 48.2 Å². The lowest BCUT2D eigenvalue weighted by Crippen LogP contribution is -2.51. The standard InChI is InChI=1S/C21H28FN3O6/c1-7-10-30-19(28)14-8-9-15(22)16(11-14)25-18(27)12(2)23-17(26)13(3)24-20(29)31-21(4,5)6/h7-9,11-13H,1,10H2,2-6H3,(H,23,26)(H,24,29)(H,25,27). The van der Waals surface area contributed by atoms with E-state index in [1.807, 2.05) is 0 Å². The van der Waals surface area contributed by atoms with E-state index in [0.717, 1.165) is 12.1 Å². The van der Waals surface area contributed by atoms with Gasteiger partial charge in [0.1, 0.15) is 30.1 Å². The lowest BCUT2D eigenvalue weighted by Gasteiger charge is -2.22. The van der Waals surface area contributed by atoms with Crippen molar-refractivity contribution in [3.63, 3.8) is 0 Å². The predicted octanol–water partition coefficient (Wildman–Crippen LogP) is 2.52. The fourth-order valence-electron chi connectivity index (χ4n) is 2.16. The number of nitrogens with one attached hydrogen (secondary N) is 3. The fourth-order valence-corrected chi connectivity index (χ4v) is 2.16. The van der Waals surface area contributed by atoms with E-state index in [1.54, 1.807) is 20.8 Å². The zero-order chi connectivity index (χ0) is 23.8. The molecule has 0 aliphatic rings. The third-order valence-corrected chi connectivity index (χ3v) is 3.67. The maximum atomic E-state index is 14.0. The van der Waals surface area contributed by atoms with Gasteiger partial charge in [0.05, 0.1) is 11.3 Å². The minimum Gasteiger partial charge on any atom is -0.458 e. The van der Waals surface area contributed by atoms with Crippen LogP contribution in [0.3, 0.4) is 0 Å². The Bertz CT molecular complexity index is 850. The van der Waals surface area contributed by atoms with Gasteiger partial charge in [0, 0.05) is 0 Å². The van der Waals surface area contributed by atoms with Gasteiger partial charge in [-0.15, -0.1) is 0 Å². The van der Waals surface area contributed by atoms with Crippen LogP contribution >= 0.6 is 0 Å². The Hall–Kier alpha value is -3.43. The third kappa shape index (κ3) is 8.85. The highest BCUT2D eigenvalue weighted by molar-refractivity contribution is 5.99. The molecular weight excluding hydrogens is 409 g/mol. The maximum Gasteiger partial charge on any atom is 0.408 e. The average molecular weight is 437 g/mol. The minimum atomic E-state index is -1.06. The van der Waals surface area contributed by atoms with Crippen LogP contribution in [0, 0.1) is 5.82 Å². The molecule has 2 unspecified atom stereocenters. The molecule has 0 bridgehead atoms. The first-order chi connectivity index (χ1) is 14.3. The van der Waals surface area contributed by atoms with Crippen molar-refractivity contribution in [2.45, 2.75) is 52.3 Å². The van der Waals surface area contributed by atoms with Gasteiger partial charge < -0.3 is 25.4 Å². The number of benzene rings is 1. The van der Waals surface area contributed by atoms with Gasteiger partial charge in [-0.2, -0.15) is 0 Å². The number of carbonyl (C=O) groups is 4. The van der Waals surface area contributed by atoms with Gasteiger partial charge in [-0.1, -0.05) is 12.7 Å². The zero-order valence-electron chi connectivity index (χ0n) is 18.2. The predicted molar refractivity (Wildman–Crippen MR) is 112 cm³/mol. The van der Waals surface area contributed by atoms with E-state index in [2.05, 4.69) is 22.5 Å². The number of esters is 1. The average Bonchev–Trinajstić information content (AvgIpc) is 2.65. The van der Waals surface area contributed by atoms with Crippen LogP contribution in [0.15, 0.2) is 30.9 Å². The lowest BCUT2D eigenvalue weighted by atomic mass is 10.2. The van der Waals surface area contributed by atoms with Gasteiger partial charge in [-0.05, 0) is 52.8 Å². The first-order valence-electron chi connectivity index (χ1n) is 9.52. The van der Waals surface area contributed by atoms with Gasteiger partial charge in [0.2, 0.25) is 11.8 Å². The van der Waals surface area contributed by atoms with E-state index in [1.165, 1.54) is 26.0 Å². The molecule has 0 saturated carbocycles. The van der Waals surface area contributed by atoms with E-state index in [-0.39, 0.29) is 17.9 Å². The maximum absolute atomic E-state index is 14.0. The molecule has 0 aliphatic carbocycles. The molecule has 1 aromatic rings. The molecule has 10 heteroatoms. The Balaban J connectivity index is 2.71. The highest BCUT2D eigenvalue weighted by Gasteiger charge is 2.24. The Morgan fingerprint density at radius 3 is 2.29 bits per heavy atom. The molecule has 1 aromatic carbocycles. The van der Waals surface area contributed by atoms with Gasteiger partial charge >= 0.3 is 12.1 Å². The molecule has 31 heavy (non-hydrogen) atoms. The molecule has 9 nitrogen and oxygen atoms in total. The number of alkyl carbamates (subject to hydrolysis) is 1. The van der Waals surface area contributed by atoms with Crippen LogP contribution in [-0.2, 0) is 19.1 Å². The summed E-state index contributed by atoms with van der Waals surface area (Å²) in [6.45, 7) is 11.2. The summed E-state index contributed by atoms with van der Waals surface area (Å²) in [5, 5.41) is 7.07. The molecule has 0 heterocycles. The van der Waals surface area contributed by atoms with Crippen molar-refractivity contribution >= 4 is 29.6 Å². The summed E-state index contributed by atoms with van der Waals surface area (Å²) in [5.41, 5.74) is -0.950. The number of halogens is 1. The largest absolute Gasteiger partial charge is 0.458 e. The van der Waals surface area contributed by atoms with Gasteiger partial charge in [0.25, 0.3) is 0 Å². The van der Waals surface area contributed by atoms with E-state index < -0.39 is 47.4 Å². The molecule has 0 radical (unpaired) electrons. The Morgan fingerprint density at radius 1 is 1.10 bits per heavy atom. The summed E-state index contributed by atoms with van der Waals surface area (Å²) in [6, 6.07) is 1.30. The summed E-state index contributed by atoms with van der Waals surface area (Å²) in [4.78, 5) is 48.2. The molecule has 170 valence electrons. The molecule has 0 spiro atoms. The molecule has 2 atom stereocenters. The van der Waals surface area contributed by atoms with E-state index in [9.17, 15) is 23.6 Å². The van der Waals surface area contributed by atoms with Crippen LogP contribution in [0.25, 0.3) is 0 Å². The monoisotopic (exact) mass is 437 g/mol. The van der Waals surface area contributed by atoms with E-state index >= 15 is 0 Å².